The minimum atomic E-state index is -0.798. The third-order valence-corrected chi connectivity index (χ3v) is 6.10. The fraction of sp³-hybridized carbons (Fsp3) is 0.792. The number of carbonyl (C=O) groups is 3. The van der Waals surface area contributed by atoms with Crippen LogP contribution in [0, 0.1) is 11.8 Å². The van der Waals surface area contributed by atoms with Crippen LogP contribution in [0.2, 0.25) is 0 Å². The Labute approximate surface area is 225 Å². The fourth-order valence-electron chi connectivity index (χ4n) is 3.96. The molecule has 1 aliphatic rings. The summed E-state index contributed by atoms with van der Waals surface area (Å²) >= 11 is 9.92. The molecule has 1 fully saturated rings. The third-order valence-electron chi connectivity index (χ3n) is 5.25. The number of carbonyl (C=O) groups excluding carboxylic acids is 3. The molecule has 1 saturated carbocycles. The Balaban J connectivity index is 3.30. The minimum Gasteiger partial charge on any atom is -0.444 e. The van der Waals surface area contributed by atoms with Gasteiger partial charge in [-0.05, 0) is 83.8 Å². The highest BCUT2D eigenvalue weighted by molar-refractivity contribution is 7.80. The number of aliphatic imine (C=N–C) groups is 1. The summed E-state index contributed by atoms with van der Waals surface area (Å²) in [5, 5.41) is 17.8. The first kappa shape index (κ1) is 32.1. The third kappa shape index (κ3) is 12.4. The molecule has 3 amide bonds. The van der Waals surface area contributed by atoms with Gasteiger partial charge in [-0.1, -0.05) is 12.2 Å². The summed E-state index contributed by atoms with van der Waals surface area (Å²) in [6.45, 7) is 11.4. The fourth-order valence-corrected chi connectivity index (χ4v) is 4.46. The summed E-state index contributed by atoms with van der Waals surface area (Å²) in [6.07, 6.45) is 1.11. The highest BCUT2D eigenvalue weighted by Gasteiger charge is 2.41. The van der Waals surface area contributed by atoms with Crippen molar-refractivity contribution in [3.8, 4) is 0 Å². The molecule has 0 aromatic rings. The Morgan fingerprint density at radius 3 is 2.00 bits per heavy atom. The molecular formula is C24H42N4O6S2. The predicted molar refractivity (Wildman–Crippen MR) is 147 cm³/mol. The molecule has 10 nitrogen and oxygen atoms in total. The SMILES string of the molecule is CC(=O)NC(CO)[C@@H]1CC(C(=S)CCCS)C[C@@H]1N=C(NC(=O)OC(C)(C)C)NC(=O)OC(C)(C)C. The Morgan fingerprint density at radius 1 is 1.06 bits per heavy atom. The summed E-state index contributed by atoms with van der Waals surface area (Å²) in [5.41, 5.74) is -1.54. The number of hydrogen-bond acceptors (Lipinski definition) is 9. The van der Waals surface area contributed by atoms with Crippen LogP contribution in [0.25, 0.3) is 0 Å². The number of hydrogen-bond donors (Lipinski definition) is 5. The van der Waals surface area contributed by atoms with Gasteiger partial charge >= 0.3 is 12.2 Å². The first-order valence-electron chi connectivity index (χ1n) is 12.1. The van der Waals surface area contributed by atoms with Crippen LogP contribution >= 0.6 is 24.8 Å². The van der Waals surface area contributed by atoms with Crippen LogP contribution in [0.4, 0.5) is 9.59 Å². The number of nitrogens with zero attached hydrogens (tertiary/aromatic N) is 1. The van der Waals surface area contributed by atoms with Crippen LogP contribution in [0.1, 0.15) is 74.1 Å². The molecule has 0 spiro atoms. The van der Waals surface area contributed by atoms with Gasteiger partial charge in [0.15, 0.2) is 0 Å². The van der Waals surface area contributed by atoms with Crippen LogP contribution in [0.3, 0.4) is 0 Å². The van der Waals surface area contributed by atoms with Crippen LogP contribution < -0.4 is 16.0 Å². The van der Waals surface area contributed by atoms with Crippen LogP contribution in [0.15, 0.2) is 4.99 Å². The van der Waals surface area contributed by atoms with Crippen LogP contribution in [-0.4, -0.2) is 69.7 Å². The van der Waals surface area contributed by atoms with E-state index in [-0.39, 0.29) is 30.3 Å². The summed E-state index contributed by atoms with van der Waals surface area (Å²) in [6, 6.07) is -1.04. The maximum Gasteiger partial charge on any atom is 0.414 e. The van der Waals surface area contributed by atoms with E-state index >= 15 is 0 Å². The maximum atomic E-state index is 12.5. The molecule has 4 atom stereocenters. The van der Waals surface area contributed by atoms with Gasteiger partial charge in [0, 0.05) is 12.8 Å². The molecule has 206 valence electrons. The number of alkyl carbamates (subject to hydrolysis) is 2. The molecule has 0 radical (unpaired) electrons. The first-order chi connectivity index (χ1) is 16.5. The number of rotatable bonds is 8. The topological polar surface area (TPSA) is 138 Å². The van der Waals surface area contributed by atoms with Crippen molar-refractivity contribution in [2.75, 3.05) is 12.4 Å². The van der Waals surface area contributed by atoms with E-state index in [0.717, 1.165) is 17.7 Å². The number of aliphatic hydroxyl groups is 1. The smallest absolute Gasteiger partial charge is 0.414 e. The van der Waals surface area contributed by atoms with Gasteiger partial charge in [-0.25, -0.2) is 14.6 Å². The van der Waals surface area contributed by atoms with E-state index in [0.29, 0.717) is 18.6 Å². The van der Waals surface area contributed by atoms with Crippen molar-refractivity contribution in [1.82, 2.24) is 16.0 Å². The van der Waals surface area contributed by atoms with Crippen molar-refractivity contribution >= 4 is 53.8 Å². The lowest BCUT2D eigenvalue weighted by molar-refractivity contribution is -0.120. The number of aliphatic hydroxyl groups excluding tert-OH is 1. The summed E-state index contributed by atoms with van der Waals surface area (Å²) in [7, 11) is 0. The van der Waals surface area contributed by atoms with E-state index < -0.39 is 35.5 Å². The first-order valence-corrected chi connectivity index (χ1v) is 13.2. The number of thiocarbonyl (C=S) groups is 1. The van der Waals surface area contributed by atoms with E-state index in [9.17, 15) is 19.5 Å². The van der Waals surface area contributed by atoms with Crippen molar-refractivity contribution in [3.63, 3.8) is 0 Å². The normalized spacial score (nSPS) is 20.6. The predicted octanol–water partition coefficient (Wildman–Crippen LogP) is 3.36. The maximum absolute atomic E-state index is 12.5. The Hall–Kier alpha value is -1.92. The van der Waals surface area contributed by atoms with Gasteiger partial charge in [0.2, 0.25) is 11.9 Å². The zero-order valence-corrected chi connectivity index (χ0v) is 24.1. The number of thiol groups is 1. The minimum absolute atomic E-state index is 0.0192. The standard InChI is InChI=1S/C24H42N4O6S2/c1-14(30)25-18(13-29)16-11-15(19(36)9-8-10-35)12-17(16)26-20(27-21(31)33-23(2,3)4)28-22(32)34-24(5,6)7/h15-18,29,35H,8-13H2,1-7H3,(H,25,30)(H2,26,27,28,31,32)/t15?,16-,17+,18?/m1/s1. The number of guanidine groups is 1. The van der Waals surface area contributed by atoms with Crippen molar-refractivity contribution < 1.29 is 29.0 Å². The highest BCUT2D eigenvalue weighted by atomic mass is 32.1. The average Bonchev–Trinajstić information content (AvgIpc) is 3.10. The van der Waals surface area contributed by atoms with Gasteiger partial charge in [-0.15, -0.1) is 0 Å². The molecule has 12 heteroatoms. The van der Waals surface area contributed by atoms with Gasteiger partial charge in [0.25, 0.3) is 0 Å². The average molecular weight is 547 g/mol. The van der Waals surface area contributed by atoms with E-state index in [1.54, 1.807) is 41.5 Å². The summed E-state index contributed by atoms with van der Waals surface area (Å²) in [5.74, 6) is 0.0264. The Bertz CT molecular complexity index is 790. The van der Waals surface area contributed by atoms with E-state index in [4.69, 9.17) is 21.7 Å². The lowest BCUT2D eigenvalue weighted by atomic mass is 9.93. The molecule has 0 saturated heterocycles. The lowest BCUT2D eigenvalue weighted by Gasteiger charge is -2.27. The number of amides is 3. The van der Waals surface area contributed by atoms with Crippen molar-refractivity contribution in [2.45, 2.75) is 97.4 Å². The van der Waals surface area contributed by atoms with Gasteiger partial charge < -0.3 is 19.9 Å². The van der Waals surface area contributed by atoms with Gasteiger partial charge in [0.1, 0.15) is 11.2 Å². The molecule has 0 aromatic carbocycles. The number of nitrogens with one attached hydrogen (secondary N) is 3. The van der Waals surface area contributed by atoms with Crippen molar-refractivity contribution in [3.05, 3.63) is 0 Å². The largest absolute Gasteiger partial charge is 0.444 e. The zero-order valence-electron chi connectivity index (χ0n) is 22.3. The van der Waals surface area contributed by atoms with Gasteiger partial charge in [-0.3, -0.25) is 15.4 Å². The molecule has 0 heterocycles. The molecule has 1 aliphatic carbocycles. The van der Waals surface area contributed by atoms with E-state index in [2.05, 4.69) is 33.6 Å². The molecular weight excluding hydrogens is 504 g/mol. The lowest BCUT2D eigenvalue weighted by Crippen LogP contribution is -2.49. The zero-order chi connectivity index (χ0) is 27.7. The highest BCUT2D eigenvalue weighted by Crippen LogP contribution is 2.37. The molecule has 0 aliphatic heterocycles. The Kier molecular flexibility index (Phi) is 12.6. The van der Waals surface area contributed by atoms with Crippen LogP contribution in [-0.2, 0) is 14.3 Å². The van der Waals surface area contributed by atoms with Crippen molar-refractivity contribution in [2.24, 2.45) is 16.8 Å². The van der Waals surface area contributed by atoms with Gasteiger partial charge in [0.05, 0.1) is 18.7 Å². The second-order valence-electron chi connectivity index (χ2n) is 10.9. The number of ether oxygens (including phenoxy) is 2. The quantitative estimate of drug-likeness (QED) is 0.136. The molecule has 2 unspecified atom stereocenters. The second kappa shape index (κ2) is 14.1. The monoisotopic (exact) mass is 546 g/mol. The van der Waals surface area contributed by atoms with Gasteiger partial charge in [-0.2, -0.15) is 12.6 Å². The van der Waals surface area contributed by atoms with E-state index in [1.807, 2.05) is 0 Å². The second-order valence-corrected chi connectivity index (χ2v) is 11.9. The summed E-state index contributed by atoms with van der Waals surface area (Å²) in [4.78, 5) is 42.3. The van der Waals surface area contributed by atoms with Crippen LogP contribution in [0.5, 0.6) is 0 Å². The molecule has 0 bridgehead atoms. The molecule has 4 N–H and O–H groups in total. The molecule has 1 rings (SSSR count). The van der Waals surface area contributed by atoms with E-state index in [1.165, 1.54) is 6.92 Å². The van der Waals surface area contributed by atoms with Crippen molar-refractivity contribution in [1.29, 1.82) is 0 Å². The summed E-state index contributed by atoms with van der Waals surface area (Å²) < 4.78 is 10.6. The molecule has 36 heavy (non-hydrogen) atoms. The molecule has 0 aromatic heterocycles. The Morgan fingerprint density at radius 2 is 1.58 bits per heavy atom.